The number of anilines is 2. The number of carbonyl (C=O) groups excluding carboxylic acids is 3. The minimum Gasteiger partial charge on any atom is -0.496 e. The van der Waals surface area contributed by atoms with E-state index in [0.29, 0.717) is 71.4 Å². The number of carboxylic acids is 1. The maximum absolute atomic E-state index is 14.9. The van der Waals surface area contributed by atoms with Crippen LogP contribution in [0.15, 0.2) is 67.0 Å². The Balaban J connectivity index is 1.34. The Morgan fingerprint density at radius 3 is 2.09 bits per heavy atom. The van der Waals surface area contributed by atoms with E-state index in [9.17, 15) is 33.1 Å². The summed E-state index contributed by atoms with van der Waals surface area (Å²) in [4.78, 5) is 67.6. The van der Waals surface area contributed by atoms with Gasteiger partial charge < -0.3 is 29.0 Å². The van der Waals surface area contributed by atoms with Crippen LogP contribution in [0.1, 0.15) is 101 Å². The number of carbonyl (C=O) groups is 4. The van der Waals surface area contributed by atoms with Crippen LogP contribution in [-0.4, -0.2) is 90.6 Å². The van der Waals surface area contributed by atoms with E-state index in [1.165, 1.54) is 31.4 Å². The Morgan fingerprint density at radius 2 is 1.49 bits per heavy atom. The number of ether oxygens (including phenoxy) is 4. The number of carboxylic acid groups (broad SMARTS) is 1. The number of nitrogens with zero attached hydrogens (tertiary/aromatic N) is 7. The minimum absolute atomic E-state index is 0.00410. The molecule has 2 amide bonds. The van der Waals surface area contributed by atoms with Gasteiger partial charge in [0.2, 0.25) is 0 Å². The Hall–Kier alpha value is -7.24. The number of hydrogen-bond acceptors (Lipinski definition) is 12. The summed E-state index contributed by atoms with van der Waals surface area (Å²) in [7, 11) is 2.91. The van der Waals surface area contributed by atoms with E-state index in [-0.39, 0.29) is 40.7 Å². The van der Waals surface area contributed by atoms with Gasteiger partial charge in [0.1, 0.15) is 28.2 Å². The number of rotatable bonds is 12. The normalized spacial score (nSPS) is 15.3. The monoisotopic (exact) mass is 921 g/mol. The Bertz CT molecular complexity index is 2840. The van der Waals surface area contributed by atoms with Gasteiger partial charge in [0.15, 0.2) is 17.9 Å². The van der Waals surface area contributed by atoms with Crippen LogP contribution in [0.2, 0.25) is 0 Å². The number of pyridine rings is 1. The summed E-state index contributed by atoms with van der Waals surface area (Å²) >= 11 is 0. The molecule has 7 rings (SSSR count). The van der Waals surface area contributed by atoms with Crippen molar-refractivity contribution in [3.05, 3.63) is 89.5 Å². The van der Waals surface area contributed by atoms with Crippen molar-refractivity contribution in [1.82, 2.24) is 29.6 Å². The SMILES string of the molecule is COc1cc(-n2ncc3c(-c4cccc(N(C(=O)OC(C)(C)C)c5nc(C(F)F)nc6cc(CN(C(=O)OC(C)(C)C)C7CCC(C(=O)O)CC7)cnc56)c4C)cccc32)cc(OC)c1C=O. The van der Waals surface area contributed by atoms with Crippen LogP contribution in [0.25, 0.3) is 38.8 Å². The van der Waals surface area contributed by atoms with Crippen molar-refractivity contribution in [2.45, 2.75) is 104 Å². The molecule has 0 aliphatic heterocycles. The predicted octanol–water partition coefficient (Wildman–Crippen LogP) is 10.6. The zero-order valence-electron chi connectivity index (χ0n) is 38.8. The number of hydrogen-bond donors (Lipinski definition) is 1. The van der Waals surface area contributed by atoms with Crippen molar-refractivity contribution in [3.8, 4) is 28.3 Å². The summed E-state index contributed by atoms with van der Waals surface area (Å²) in [5.74, 6) is -1.95. The van der Waals surface area contributed by atoms with E-state index >= 15 is 0 Å². The van der Waals surface area contributed by atoms with Crippen LogP contribution in [-0.2, 0) is 20.8 Å². The molecular formula is C49H53F2N7O9. The van der Waals surface area contributed by atoms with Gasteiger partial charge in [-0.1, -0.05) is 24.3 Å². The number of methoxy groups -OCH3 is 2. The first-order valence-corrected chi connectivity index (χ1v) is 21.7. The summed E-state index contributed by atoms with van der Waals surface area (Å²) < 4.78 is 54.1. The number of alkyl halides is 2. The highest BCUT2D eigenvalue weighted by molar-refractivity contribution is 6.05. The molecule has 0 radical (unpaired) electrons. The highest BCUT2D eigenvalue weighted by Crippen LogP contribution is 2.41. The Morgan fingerprint density at radius 1 is 0.866 bits per heavy atom. The van der Waals surface area contributed by atoms with Crippen molar-refractivity contribution >= 4 is 57.9 Å². The lowest BCUT2D eigenvalue weighted by Gasteiger charge is -2.37. The Labute approximate surface area is 385 Å². The van der Waals surface area contributed by atoms with Crippen LogP contribution in [0.3, 0.4) is 0 Å². The van der Waals surface area contributed by atoms with Crippen molar-refractivity contribution in [2.24, 2.45) is 5.92 Å². The van der Waals surface area contributed by atoms with Gasteiger partial charge in [0.05, 0.1) is 60.9 Å². The third-order valence-corrected chi connectivity index (χ3v) is 11.4. The van der Waals surface area contributed by atoms with E-state index in [1.807, 2.05) is 24.3 Å². The highest BCUT2D eigenvalue weighted by atomic mass is 19.3. The minimum atomic E-state index is -3.16. The first-order valence-electron chi connectivity index (χ1n) is 21.7. The lowest BCUT2D eigenvalue weighted by molar-refractivity contribution is -0.143. The molecule has 1 aliphatic rings. The maximum atomic E-state index is 14.9. The number of aldehydes is 1. The predicted molar refractivity (Wildman–Crippen MR) is 246 cm³/mol. The largest absolute Gasteiger partial charge is 0.496 e. The van der Waals surface area contributed by atoms with Gasteiger partial charge in [-0.05, 0) is 115 Å². The molecule has 16 nitrogen and oxygen atoms in total. The van der Waals surface area contributed by atoms with Crippen molar-refractivity contribution in [3.63, 3.8) is 0 Å². The zero-order valence-corrected chi connectivity index (χ0v) is 38.8. The molecule has 352 valence electrons. The average molecular weight is 922 g/mol. The molecule has 1 aliphatic carbocycles. The molecule has 18 heteroatoms. The first-order chi connectivity index (χ1) is 31.7. The van der Waals surface area contributed by atoms with Crippen LogP contribution in [0.5, 0.6) is 11.5 Å². The average Bonchev–Trinajstić information content (AvgIpc) is 3.71. The van der Waals surface area contributed by atoms with Crippen LogP contribution in [0.4, 0.5) is 29.9 Å². The molecule has 3 heterocycles. The van der Waals surface area contributed by atoms with Crippen molar-refractivity contribution in [1.29, 1.82) is 0 Å². The van der Waals surface area contributed by atoms with E-state index in [2.05, 4.69) is 15.0 Å². The third-order valence-electron chi connectivity index (χ3n) is 11.4. The maximum Gasteiger partial charge on any atom is 0.420 e. The molecule has 0 unspecified atom stereocenters. The molecule has 1 N–H and O–H groups in total. The van der Waals surface area contributed by atoms with Crippen LogP contribution in [0, 0.1) is 12.8 Å². The summed E-state index contributed by atoms with van der Waals surface area (Å²) in [5, 5.41) is 15.0. The van der Waals surface area contributed by atoms with E-state index in [1.54, 1.807) is 83.6 Å². The lowest BCUT2D eigenvalue weighted by Crippen LogP contribution is -2.45. The number of aromatic nitrogens is 5. The number of amides is 2. The molecule has 1 saturated carbocycles. The molecule has 0 bridgehead atoms. The molecule has 6 aromatic rings. The molecule has 1 fully saturated rings. The van der Waals surface area contributed by atoms with Gasteiger partial charge in [-0.25, -0.2) is 37.9 Å². The zero-order chi connectivity index (χ0) is 48.5. The number of halogens is 2. The second kappa shape index (κ2) is 18.9. The van der Waals surface area contributed by atoms with Crippen molar-refractivity contribution < 1.29 is 52.0 Å². The first kappa shape index (κ1) is 47.7. The van der Waals surface area contributed by atoms with E-state index < -0.39 is 47.5 Å². The van der Waals surface area contributed by atoms with E-state index in [0.717, 1.165) is 15.8 Å². The highest BCUT2D eigenvalue weighted by Gasteiger charge is 2.35. The van der Waals surface area contributed by atoms with Crippen molar-refractivity contribution in [2.75, 3.05) is 19.1 Å². The van der Waals surface area contributed by atoms with Gasteiger partial charge in [-0.2, -0.15) is 5.10 Å². The molecule has 67 heavy (non-hydrogen) atoms. The second-order valence-electron chi connectivity index (χ2n) is 18.3. The van der Waals surface area contributed by atoms with Gasteiger partial charge in [-0.3, -0.25) is 14.6 Å². The molecule has 3 aromatic heterocycles. The standard InChI is InChI=1S/C49H53F2N7O9/c1-27-32(33-13-11-15-38-34(33)24-53-58(38)31-21-39(64-8)35(26-59)40(22-31)65-9)12-10-14-37(27)57(47(63)67-49(5,6)7)44-41-36(54-43(55-44)42(50)51)20-28(23-52-41)25-56(46(62)66-48(2,3)4)30-18-16-29(17-19-30)45(60)61/h10-15,20-24,26,29-30,42H,16-19,25H2,1-9H3,(H,60,61). The molecule has 0 saturated heterocycles. The van der Waals surface area contributed by atoms with Crippen LogP contribution < -0.4 is 14.4 Å². The van der Waals surface area contributed by atoms with E-state index in [4.69, 9.17) is 24.0 Å². The molecule has 0 atom stereocenters. The number of fused-ring (bicyclic) bond motifs is 2. The topological polar surface area (TPSA) is 188 Å². The smallest absolute Gasteiger partial charge is 0.420 e. The summed E-state index contributed by atoms with van der Waals surface area (Å²) in [6.07, 6.45) is 0.680. The lowest BCUT2D eigenvalue weighted by atomic mass is 9.85. The summed E-state index contributed by atoms with van der Waals surface area (Å²) in [6.45, 7) is 12.0. The molecule has 3 aromatic carbocycles. The van der Waals surface area contributed by atoms with Gasteiger partial charge >= 0.3 is 18.2 Å². The summed E-state index contributed by atoms with van der Waals surface area (Å²) in [6, 6.07) is 15.4. The number of benzene rings is 3. The van der Waals surface area contributed by atoms with Gasteiger partial charge in [-0.15, -0.1) is 0 Å². The molecular weight excluding hydrogens is 869 g/mol. The fourth-order valence-electron chi connectivity index (χ4n) is 8.32. The second-order valence-corrected chi connectivity index (χ2v) is 18.3. The fourth-order valence-corrected chi connectivity index (χ4v) is 8.32. The third kappa shape index (κ3) is 10.1. The van der Waals surface area contributed by atoms with Crippen LogP contribution >= 0.6 is 0 Å². The fraction of sp³-hybridized carbons (Fsp3) is 0.388. The van der Waals surface area contributed by atoms with Gasteiger partial charge in [0, 0.05) is 29.8 Å². The quantitative estimate of drug-likeness (QED) is 0.114. The Kier molecular flexibility index (Phi) is 13.5. The molecule has 0 spiro atoms. The summed E-state index contributed by atoms with van der Waals surface area (Å²) in [5.41, 5.74) is 2.26. The number of aliphatic carboxylic acids is 1. The van der Waals surface area contributed by atoms with Gasteiger partial charge in [0.25, 0.3) is 6.43 Å².